The number of hydrogen-bond donors (Lipinski definition) is 3. The van der Waals surface area contributed by atoms with Crippen LogP contribution in [0.3, 0.4) is 0 Å². The van der Waals surface area contributed by atoms with E-state index in [1.54, 1.807) is 6.20 Å². The van der Waals surface area contributed by atoms with E-state index >= 15 is 0 Å². The van der Waals surface area contributed by atoms with Gasteiger partial charge in [-0.3, -0.25) is 4.98 Å². The number of nitrogens with zero attached hydrogens (tertiary/aromatic N) is 3. The van der Waals surface area contributed by atoms with Gasteiger partial charge in [-0.2, -0.15) is 0 Å². The molecule has 0 saturated carbocycles. The van der Waals surface area contributed by atoms with Crippen LogP contribution < -0.4 is 15.4 Å². The average Bonchev–Trinajstić information content (AvgIpc) is 3.16. The van der Waals surface area contributed by atoms with Crippen molar-refractivity contribution in [2.45, 2.75) is 19.4 Å². The number of fused-ring (bicyclic) bond motifs is 2. The molecule has 3 aromatic heterocycles. The molecule has 30 heavy (non-hydrogen) atoms. The van der Waals surface area contributed by atoms with Crippen LogP contribution in [0.2, 0.25) is 0 Å². The third-order valence-corrected chi connectivity index (χ3v) is 5.05. The number of aromatic amines is 1. The summed E-state index contributed by atoms with van der Waals surface area (Å²) in [5.74, 6) is 1.72. The van der Waals surface area contributed by atoms with Crippen molar-refractivity contribution in [3.8, 4) is 17.1 Å². The zero-order chi connectivity index (χ0) is 20.5. The summed E-state index contributed by atoms with van der Waals surface area (Å²) >= 11 is 0. The van der Waals surface area contributed by atoms with E-state index in [1.807, 2.05) is 25.3 Å². The molecule has 0 bridgehead atoms. The van der Waals surface area contributed by atoms with E-state index in [2.05, 4.69) is 42.7 Å². The standard InChI is InChI=1S/C22H21FN6O/c1-13-12-30-19-21(25-7-6-14-10-26-18-5-3-2-4-17(14)18)28-20(29-22(19)27-13)15-8-16(23)11-24-9-15/h2-5,8-11,13,26H,6-7,12H2,1H3,(H2,25,27,28,29)/t13-/m1/s1. The zero-order valence-electron chi connectivity index (χ0n) is 16.4. The average molecular weight is 404 g/mol. The minimum Gasteiger partial charge on any atom is -0.484 e. The molecule has 0 amide bonds. The molecule has 5 rings (SSSR count). The summed E-state index contributed by atoms with van der Waals surface area (Å²) in [5, 5.41) is 7.90. The number of anilines is 2. The summed E-state index contributed by atoms with van der Waals surface area (Å²) in [6.45, 7) is 3.19. The molecule has 1 aliphatic rings. The number of halogens is 1. The first kappa shape index (κ1) is 18.4. The topological polar surface area (TPSA) is 87.8 Å². The summed E-state index contributed by atoms with van der Waals surface area (Å²) < 4.78 is 19.6. The predicted octanol–water partition coefficient (Wildman–Crippen LogP) is 4.01. The second kappa shape index (κ2) is 7.62. The van der Waals surface area contributed by atoms with E-state index in [4.69, 9.17) is 4.74 Å². The Bertz CT molecular complexity index is 1210. The molecule has 4 heterocycles. The van der Waals surface area contributed by atoms with Gasteiger partial charge >= 0.3 is 0 Å². The van der Waals surface area contributed by atoms with Gasteiger partial charge in [0, 0.05) is 35.4 Å². The number of rotatable bonds is 5. The monoisotopic (exact) mass is 404 g/mol. The molecule has 0 saturated heterocycles. The van der Waals surface area contributed by atoms with Crippen molar-refractivity contribution in [2.24, 2.45) is 0 Å². The lowest BCUT2D eigenvalue weighted by Crippen LogP contribution is -2.30. The number of nitrogens with one attached hydrogen (secondary N) is 3. The van der Waals surface area contributed by atoms with E-state index in [-0.39, 0.29) is 6.04 Å². The molecule has 4 aromatic rings. The van der Waals surface area contributed by atoms with Crippen LogP contribution in [0.4, 0.5) is 16.0 Å². The number of benzene rings is 1. The first-order valence-corrected chi connectivity index (χ1v) is 9.88. The van der Waals surface area contributed by atoms with Crippen molar-refractivity contribution in [1.82, 2.24) is 19.9 Å². The number of para-hydroxylation sites is 1. The zero-order valence-corrected chi connectivity index (χ0v) is 16.4. The van der Waals surface area contributed by atoms with Gasteiger partial charge in [0.05, 0.1) is 12.2 Å². The number of hydrogen-bond acceptors (Lipinski definition) is 6. The van der Waals surface area contributed by atoms with Crippen LogP contribution in [0.5, 0.6) is 5.75 Å². The maximum absolute atomic E-state index is 13.7. The second-order valence-electron chi connectivity index (χ2n) is 7.36. The Morgan fingerprint density at radius 2 is 2.13 bits per heavy atom. The van der Waals surface area contributed by atoms with E-state index in [1.165, 1.54) is 17.0 Å². The smallest absolute Gasteiger partial charge is 0.204 e. The summed E-state index contributed by atoms with van der Waals surface area (Å²) in [4.78, 5) is 16.3. The van der Waals surface area contributed by atoms with Crippen molar-refractivity contribution in [2.75, 3.05) is 23.8 Å². The molecule has 152 valence electrons. The Hall–Kier alpha value is -3.68. The van der Waals surface area contributed by atoms with Crippen LogP contribution in [-0.4, -0.2) is 39.1 Å². The van der Waals surface area contributed by atoms with Gasteiger partial charge in [0.15, 0.2) is 17.5 Å². The third kappa shape index (κ3) is 3.52. The van der Waals surface area contributed by atoms with Gasteiger partial charge in [-0.15, -0.1) is 0 Å². The molecule has 1 aliphatic heterocycles. The molecule has 8 heteroatoms. The van der Waals surface area contributed by atoms with Crippen molar-refractivity contribution >= 4 is 22.5 Å². The number of ether oxygens (including phenoxy) is 1. The highest BCUT2D eigenvalue weighted by molar-refractivity contribution is 5.83. The third-order valence-electron chi connectivity index (χ3n) is 5.05. The highest BCUT2D eigenvalue weighted by Crippen LogP contribution is 2.36. The Morgan fingerprint density at radius 1 is 1.23 bits per heavy atom. The van der Waals surface area contributed by atoms with E-state index in [9.17, 15) is 4.39 Å². The Kier molecular flexibility index (Phi) is 4.66. The highest BCUT2D eigenvalue weighted by Gasteiger charge is 2.23. The van der Waals surface area contributed by atoms with Crippen LogP contribution >= 0.6 is 0 Å². The molecule has 1 aromatic carbocycles. The van der Waals surface area contributed by atoms with Gasteiger partial charge in [0.1, 0.15) is 12.4 Å². The molecule has 0 aliphatic carbocycles. The fourth-order valence-corrected chi connectivity index (χ4v) is 3.61. The second-order valence-corrected chi connectivity index (χ2v) is 7.36. The molecular formula is C22H21FN6O. The van der Waals surface area contributed by atoms with Gasteiger partial charge in [-0.25, -0.2) is 14.4 Å². The molecule has 1 atom stereocenters. The van der Waals surface area contributed by atoms with Gasteiger partial charge in [0.2, 0.25) is 5.75 Å². The van der Waals surface area contributed by atoms with Crippen LogP contribution in [-0.2, 0) is 6.42 Å². The summed E-state index contributed by atoms with van der Waals surface area (Å²) in [7, 11) is 0. The summed E-state index contributed by atoms with van der Waals surface area (Å²) in [5.41, 5.74) is 2.86. The van der Waals surface area contributed by atoms with Crippen LogP contribution in [0, 0.1) is 5.82 Å². The lowest BCUT2D eigenvalue weighted by molar-refractivity contribution is 0.290. The van der Waals surface area contributed by atoms with Crippen molar-refractivity contribution < 1.29 is 9.13 Å². The molecule has 0 radical (unpaired) electrons. The van der Waals surface area contributed by atoms with Gasteiger partial charge < -0.3 is 20.4 Å². The molecular weight excluding hydrogens is 383 g/mol. The summed E-state index contributed by atoms with van der Waals surface area (Å²) in [6, 6.07) is 9.71. The molecule has 7 nitrogen and oxygen atoms in total. The van der Waals surface area contributed by atoms with E-state index < -0.39 is 5.82 Å². The van der Waals surface area contributed by atoms with Crippen LogP contribution in [0.15, 0.2) is 48.9 Å². The maximum Gasteiger partial charge on any atom is 0.204 e. The van der Waals surface area contributed by atoms with Gasteiger partial charge in [-0.05, 0) is 31.0 Å². The van der Waals surface area contributed by atoms with Gasteiger partial charge in [-0.1, -0.05) is 18.2 Å². The molecule has 0 unspecified atom stereocenters. The normalized spacial score (nSPS) is 15.3. The van der Waals surface area contributed by atoms with Crippen molar-refractivity contribution in [3.63, 3.8) is 0 Å². The number of H-pyrrole nitrogens is 1. The predicted molar refractivity (Wildman–Crippen MR) is 114 cm³/mol. The lowest BCUT2D eigenvalue weighted by Gasteiger charge is -2.26. The first-order chi connectivity index (χ1) is 14.7. The minimum absolute atomic E-state index is 0.116. The minimum atomic E-state index is -0.430. The molecule has 3 N–H and O–H groups in total. The Balaban J connectivity index is 1.43. The van der Waals surface area contributed by atoms with Crippen LogP contribution in [0.1, 0.15) is 12.5 Å². The quantitative estimate of drug-likeness (QED) is 0.466. The van der Waals surface area contributed by atoms with Gasteiger partial charge in [0.25, 0.3) is 0 Å². The van der Waals surface area contributed by atoms with Crippen molar-refractivity contribution in [1.29, 1.82) is 0 Å². The maximum atomic E-state index is 13.7. The van der Waals surface area contributed by atoms with E-state index in [0.29, 0.717) is 41.9 Å². The number of pyridine rings is 1. The molecule has 0 fully saturated rings. The Morgan fingerprint density at radius 3 is 3.03 bits per heavy atom. The first-order valence-electron chi connectivity index (χ1n) is 9.88. The highest BCUT2D eigenvalue weighted by atomic mass is 19.1. The lowest BCUT2D eigenvalue weighted by atomic mass is 10.1. The van der Waals surface area contributed by atoms with E-state index in [0.717, 1.165) is 18.1 Å². The summed E-state index contributed by atoms with van der Waals surface area (Å²) in [6.07, 6.45) is 5.55. The largest absolute Gasteiger partial charge is 0.484 e. The fourth-order valence-electron chi connectivity index (χ4n) is 3.61. The van der Waals surface area contributed by atoms with Crippen molar-refractivity contribution in [3.05, 3.63) is 60.3 Å². The fraction of sp³-hybridized carbons (Fsp3) is 0.227. The SMILES string of the molecule is C[C@@H]1COc2c(NCCc3c[nH]c4ccccc34)nc(-c3cncc(F)c3)nc2N1. The Labute approximate surface area is 172 Å². The van der Waals surface area contributed by atoms with Crippen LogP contribution in [0.25, 0.3) is 22.3 Å². The number of aromatic nitrogens is 4. The molecule has 0 spiro atoms.